The molecule has 0 atom stereocenters. The molecule has 0 saturated heterocycles. The van der Waals surface area contributed by atoms with Gasteiger partial charge in [0.1, 0.15) is 16.9 Å². The molecule has 1 aliphatic carbocycles. The Morgan fingerprint density at radius 2 is 2.00 bits per heavy atom. The van der Waals surface area contributed by atoms with Crippen molar-refractivity contribution in [2.75, 3.05) is 5.75 Å². The van der Waals surface area contributed by atoms with E-state index in [1.807, 2.05) is 24.4 Å². The molecule has 1 amide bonds. The minimum atomic E-state index is 0.0819. The molecule has 25 heavy (non-hydrogen) atoms. The van der Waals surface area contributed by atoms with Crippen molar-refractivity contribution in [3.63, 3.8) is 0 Å². The number of H-pyrrole nitrogens is 1. The van der Waals surface area contributed by atoms with E-state index in [2.05, 4.69) is 32.4 Å². The standard InChI is InChI=1S/C19H20N4OS/c24-16(23-14-8-4-5-9-14)11-25-19-18-17(21-12-22-19)15(10-20-18)13-6-2-1-3-7-13/h1-3,6-7,10,12,14,20H,4-5,8-9,11H2,(H,23,24). The van der Waals surface area contributed by atoms with Gasteiger partial charge >= 0.3 is 0 Å². The summed E-state index contributed by atoms with van der Waals surface area (Å²) in [6, 6.07) is 10.5. The number of hydrogen-bond donors (Lipinski definition) is 2. The molecule has 0 aliphatic heterocycles. The fourth-order valence-corrected chi connectivity index (χ4v) is 4.11. The molecule has 2 N–H and O–H groups in total. The highest BCUT2D eigenvalue weighted by molar-refractivity contribution is 8.00. The van der Waals surface area contributed by atoms with Gasteiger partial charge in [-0.15, -0.1) is 0 Å². The van der Waals surface area contributed by atoms with Gasteiger partial charge in [-0.25, -0.2) is 9.97 Å². The number of nitrogens with zero attached hydrogens (tertiary/aromatic N) is 2. The molecule has 1 saturated carbocycles. The Morgan fingerprint density at radius 1 is 1.20 bits per heavy atom. The highest BCUT2D eigenvalue weighted by Gasteiger charge is 2.18. The van der Waals surface area contributed by atoms with Crippen LogP contribution in [0, 0.1) is 0 Å². The van der Waals surface area contributed by atoms with Crippen molar-refractivity contribution in [3.05, 3.63) is 42.9 Å². The first kappa shape index (κ1) is 16.1. The predicted octanol–water partition coefficient (Wildman–Crippen LogP) is 3.78. The van der Waals surface area contributed by atoms with Crippen LogP contribution in [-0.4, -0.2) is 32.7 Å². The number of hydrogen-bond acceptors (Lipinski definition) is 4. The number of nitrogens with one attached hydrogen (secondary N) is 2. The van der Waals surface area contributed by atoms with Gasteiger partial charge < -0.3 is 10.3 Å². The molecule has 4 rings (SSSR count). The summed E-state index contributed by atoms with van der Waals surface area (Å²) >= 11 is 1.46. The zero-order valence-electron chi connectivity index (χ0n) is 13.9. The number of carbonyl (C=O) groups is 1. The summed E-state index contributed by atoms with van der Waals surface area (Å²) in [7, 11) is 0. The molecule has 1 fully saturated rings. The van der Waals surface area contributed by atoms with Crippen LogP contribution in [0.5, 0.6) is 0 Å². The van der Waals surface area contributed by atoms with Crippen LogP contribution in [0.15, 0.2) is 47.9 Å². The zero-order valence-corrected chi connectivity index (χ0v) is 14.7. The molecule has 0 unspecified atom stereocenters. The molecule has 1 aromatic carbocycles. The van der Waals surface area contributed by atoms with Crippen molar-refractivity contribution in [1.29, 1.82) is 0 Å². The van der Waals surface area contributed by atoms with Crippen molar-refractivity contribution in [2.24, 2.45) is 0 Å². The fraction of sp³-hybridized carbons (Fsp3) is 0.316. The number of rotatable bonds is 5. The third kappa shape index (κ3) is 3.54. The Hall–Kier alpha value is -2.34. The topological polar surface area (TPSA) is 70.7 Å². The van der Waals surface area contributed by atoms with Gasteiger partial charge in [-0.2, -0.15) is 0 Å². The first-order chi connectivity index (χ1) is 12.3. The minimum absolute atomic E-state index is 0.0819. The zero-order chi connectivity index (χ0) is 17.1. The Kier molecular flexibility index (Phi) is 4.70. The third-order valence-corrected chi connectivity index (χ3v) is 5.56. The first-order valence-corrected chi connectivity index (χ1v) is 9.59. The van der Waals surface area contributed by atoms with Crippen molar-refractivity contribution >= 4 is 28.7 Å². The molecule has 0 bridgehead atoms. The minimum Gasteiger partial charge on any atom is -0.357 e. The Balaban J connectivity index is 1.50. The molecule has 1 aliphatic rings. The highest BCUT2D eigenvalue weighted by atomic mass is 32.2. The summed E-state index contributed by atoms with van der Waals surface area (Å²) in [5.74, 6) is 0.459. The van der Waals surface area contributed by atoms with Crippen LogP contribution >= 0.6 is 11.8 Å². The molecule has 6 heteroatoms. The van der Waals surface area contributed by atoms with Crippen LogP contribution in [0.3, 0.4) is 0 Å². The highest BCUT2D eigenvalue weighted by Crippen LogP contribution is 2.31. The van der Waals surface area contributed by atoms with E-state index < -0.39 is 0 Å². The van der Waals surface area contributed by atoms with E-state index in [1.165, 1.54) is 24.6 Å². The van der Waals surface area contributed by atoms with Gasteiger partial charge in [0, 0.05) is 17.8 Å². The Bertz CT molecular complexity index is 872. The molecule has 0 spiro atoms. The molecular formula is C19H20N4OS. The van der Waals surface area contributed by atoms with E-state index >= 15 is 0 Å². The second kappa shape index (κ2) is 7.27. The number of aromatic nitrogens is 3. The second-order valence-corrected chi connectivity index (χ2v) is 7.27. The maximum absolute atomic E-state index is 12.1. The van der Waals surface area contributed by atoms with Crippen LogP contribution in [0.4, 0.5) is 0 Å². The molecule has 3 aromatic rings. The Morgan fingerprint density at radius 3 is 2.80 bits per heavy atom. The van der Waals surface area contributed by atoms with Gasteiger partial charge in [-0.1, -0.05) is 54.9 Å². The summed E-state index contributed by atoms with van der Waals surface area (Å²) < 4.78 is 0. The summed E-state index contributed by atoms with van der Waals surface area (Å²) in [5.41, 5.74) is 3.94. The molecule has 128 valence electrons. The lowest BCUT2D eigenvalue weighted by Crippen LogP contribution is -2.33. The van der Waals surface area contributed by atoms with E-state index in [4.69, 9.17) is 0 Å². The van der Waals surface area contributed by atoms with Crippen LogP contribution in [0.25, 0.3) is 22.2 Å². The van der Waals surface area contributed by atoms with Crippen LogP contribution < -0.4 is 5.32 Å². The van der Waals surface area contributed by atoms with Gasteiger partial charge in [0.25, 0.3) is 0 Å². The smallest absolute Gasteiger partial charge is 0.230 e. The van der Waals surface area contributed by atoms with E-state index in [0.717, 1.165) is 40.0 Å². The Labute approximate surface area is 150 Å². The molecule has 2 heterocycles. The van der Waals surface area contributed by atoms with E-state index in [1.54, 1.807) is 6.33 Å². The van der Waals surface area contributed by atoms with E-state index in [9.17, 15) is 4.79 Å². The largest absolute Gasteiger partial charge is 0.357 e. The molecule has 2 aromatic heterocycles. The average Bonchev–Trinajstić information content (AvgIpc) is 3.30. The maximum atomic E-state index is 12.1. The predicted molar refractivity (Wildman–Crippen MR) is 100 cm³/mol. The summed E-state index contributed by atoms with van der Waals surface area (Å²) in [4.78, 5) is 24.2. The quantitative estimate of drug-likeness (QED) is 0.541. The van der Waals surface area contributed by atoms with Gasteiger partial charge in [0.05, 0.1) is 11.3 Å². The van der Waals surface area contributed by atoms with E-state index in [0.29, 0.717) is 11.8 Å². The van der Waals surface area contributed by atoms with Crippen molar-refractivity contribution in [3.8, 4) is 11.1 Å². The lowest BCUT2D eigenvalue weighted by atomic mass is 10.1. The van der Waals surface area contributed by atoms with Crippen LogP contribution in [0.2, 0.25) is 0 Å². The number of benzene rings is 1. The molecule has 5 nitrogen and oxygen atoms in total. The normalized spacial score (nSPS) is 14.9. The van der Waals surface area contributed by atoms with Crippen molar-refractivity contribution < 1.29 is 4.79 Å². The van der Waals surface area contributed by atoms with Crippen LogP contribution in [-0.2, 0) is 4.79 Å². The van der Waals surface area contributed by atoms with Gasteiger partial charge in [0.2, 0.25) is 5.91 Å². The van der Waals surface area contributed by atoms with Gasteiger partial charge in [-0.3, -0.25) is 4.79 Å². The van der Waals surface area contributed by atoms with Crippen molar-refractivity contribution in [2.45, 2.75) is 36.8 Å². The fourth-order valence-electron chi connectivity index (χ4n) is 3.34. The van der Waals surface area contributed by atoms with Gasteiger partial charge in [-0.05, 0) is 18.4 Å². The maximum Gasteiger partial charge on any atom is 0.230 e. The third-order valence-electron chi connectivity index (χ3n) is 4.57. The average molecular weight is 352 g/mol. The first-order valence-electron chi connectivity index (χ1n) is 8.61. The van der Waals surface area contributed by atoms with E-state index in [-0.39, 0.29) is 5.91 Å². The summed E-state index contributed by atoms with van der Waals surface area (Å²) in [5, 5.41) is 3.93. The number of aromatic amines is 1. The molecular weight excluding hydrogens is 332 g/mol. The number of amides is 1. The summed E-state index contributed by atoms with van der Waals surface area (Å²) in [6.07, 6.45) is 8.17. The molecule has 0 radical (unpaired) electrons. The van der Waals surface area contributed by atoms with Gasteiger partial charge in [0.15, 0.2) is 0 Å². The van der Waals surface area contributed by atoms with Crippen LogP contribution in [0.1, 0.15) is 25.7 Å². The number of fused-ring (bicyclic) bond motifs is 1. The second-order valence-electron chi connectivity index (χ2n) is 6.31. The lowest BCUT2D eigenvalue weighted by molar-refractivity contribution is -0.119. The number of thioether (sulfide) groups is 1. The summed E-state index contributed by atoms with van der Waals surface area (Å²) in [6.45, 7) is 0. The number of carbonyl (C=O) groups excluding carboxylic acids is 1. The monoisotopic (exact) mass is 352 g/mol. The van der Waals surface area contributed by atoms with Crippen molar-refractivity contribution in [1.82, 2.24) is 20.3 Å². The SMILES string of the molecule is O=C(CSc1ncnc2c(-c3ccccc3)c[nH]c12)NC1CCCC1. The lowest BCUT2D eigenvalue weighted by Gasteiger charge is -2.11.